The summed E-state index contributed by atoms with van der Waals surface area (Å²) < 4.78 is 77.2. The fourth-order valence-corrected chi connectivity index (χ4v) is 8.85. The smallest absolute Gasteiger partial charge is 0.264 e. The van der Waals surface area contributed by atoms with Crippen LogP contribution < -0.4 is 9.44 Å². The summed E-state index contributed by atoms with van der Waals surface area (Å²) in [5, 5.41) is 9.65. The predicted octanol–water partition coefficient (Wildman–Crippen LogP) is 6.51. The molecule has 2 atom stereocenters. The lowest BCUT2D eigenvalue weighted by atomic mass is 9.84. The summed E-state index contributed by atoms with van der Waals surface area (Å²) in [7, 11) is -9.18. The van der Waals surface area contributed by atoms with Crippen molar-refractivity contribution in [3.05, 3.63) is 124 Å². The molecule has 6 rings (SSSR count). The molecular formula is C36H35Cl2FN6O6S2. The first-order chi connectivity index (χ1) is 25.1. The predicted molar refractivity (Wildman–Crippen MR) is 196 cm³/mol. The van der Waals surface area contributed by atoms with Crippen LogP contribution in [-0.4, -0.2) is 48.2 Å². The van der Waals surface area contributed by atoms with Gasteiger partial charge < -0.3 is 0 Å². The van der Waals surface area contributed by atoms with Crippen molar-refractivity contribution in [1.29, 1.82) is 0 Å². The van der Waals surface area contributed by atoms with Gasteiger partial charge in [-0.15, -0.1) is 0 Å². The molecule has 0 aliphatic heterocycles. The lowest BCUT2D eigenvalue weighted by Crippen LogP contribution is -2.44. The quantitative estimate of drug-likeness (QED) is 0.153. The highest BCUT2D eigenvalue weighted by Crippen LogP contribution is 2.40. The Balaban J connectivity index is 1.58. The van der Waals surface area contributed by atoms with E-state index >= 15 is 4.39 Å². The first kappa shape index (κ1) is 38.2. The van der Waals surface area contributed by atoms with Crippen molar-refractivity contribution in [1.82, 2.24) is 29.0 Å². The number of nitrogens with one attached hydrogen (secondary N) is 2. The van der Waals surface area contributed by atoms with Crippen molar-refractivity contribution in [2.75, 3.05) is 0 Å². The number of carbonyl (C=O) groups excluding carboxylic acids is 2. The molecule has 0 radical (unpaired) electrons. The second kappa shape index (κ2) is 15.4. The molecular weight excluding hydrogens is 766 g/mol. The molecule has 17 heteroatoms. The third-order valence-electron chi connectivity index (χ3n) is 9.00. The summed E-state index contributed by atoms with van der Waals surface area (Å²) in [6.07, 6.45) is 4.11. The van der Waals surface area contributed by atoms with Crippen molar-refractivity contribution < 1.29 is 30.8 Å². The number of rotatable bonds is 11. The second-order valence-electron chi connectivity index (χ2n) is 12.8. The average Bonchev–Trinajstić information content (AvgIpc) is 3.69. The van der Waals surface area contributed by atoms with Crippen molar-refractivity contribution >= 4 is 55.1 Å². The molecule has 2 N–H and O–H groups in total. The van der Waals surface area contributed by atoms with E-state index in [-0.39, 0.29) is 43.0 Å². The van der Waals surface area contributed by atoms with Crippen LogP contribution in [0.15, 0.2) is 94.7 Å². The SMILES string of the molecule is Cc1cc(C(C(=O)NS(=O)(=O)c2ccc(Cl)cc2)C(C(=O)NS(=O)(=O)c2ccc(Cl)cc2)c2cc(C)nn2C2CCCCC2)n(-c2ccccc2F)n1. The monoisotopic (exact) mass is 800 g/mol. The summed E-state index contributed by atoms with van der Waals surface area (Å²) in [6, 6.07) is 18.5. The highest BCUT2D eigenvalue weighted by atomic mass is 35.5. The number of carbonyl (C=O) groups is 2. The normalized spacial score (nSPS) is 15.1. The first-order valence-electron chi connectivity index (χ1n) is 16.7. The number of para-hydroxylation sites is 1. The second-order valence-corrected chi connectivity index (χ2v) is 17.1. The number of sulfonamides is 2. The molecule has 2 unspecified atom stereocenters. The third-order valence-corrected chi connectivity index (χ3v) is 12.2. The van der Waals surface area contributed by atoms with Crippen LogP contribution in [-0.2, 0) is 29.6 Å². The Bertz CT molecular complexity index is 2380. The van der Waals surface area contributed by atoms with E-state index in [0.717, 1.165) is 23.9 Å². The maximum Gasteiger partial charge on any atom is 0.264 e. The van der Waals surface area contributed by atoms with E-state index in [1.807, 2.05) is 0 Å². The van der Waals surface area contributed by atoms with Gasteiger partial charge in [-0.25, -0.2) is 35.4 Å². The van der Waals surface area contributed by atoms with Gasteiger partial charge in [-0.1, -0.05) is 54.6 Å². The lowest BCUT2D eigenvalue weighted by molar-refractivity contribution is -0.127. The van der Waals surface area contributed by atoms with Crippen LogP contribution in [0.2, 0.25) is 10.0 Å². The van der Waals surface area contributed by atoms with Gasteiger partial charge in [-0.05, 0) is 99.5 Å². The van der Waals surface area contributed by atoms with E-state index < -0.39 is 49.5 Å². The van der Waals surface area contributed by atoms with Crippen molar-refractivity contribution in [2.24, 2.45) is 0 Å². The largest absolute Gasteiger partial charge is 0.273 e. The van der Waals surface area contributed by atoms with E-state index in [9.17, 15) is 26.4 Å². The summed E-state index contributed by atoms with van der Waals surface area (Å²) in [6.45, 7) is 3.27. The molecule has 2 amide bonds. The average molecular weight is 802 g/mol. The van der Waals surface area contributed by atoms with E-state index in [4.69, 9.17) is 28.3 Å². The highest BCUT2D eigenvalue weighted by molar-refractivity contribution is 7.90. The van der Waals surface area contributed by atoms with Crippen LogP contribution in [0, 0.1) is 19.7 Å². The molecule has 1 aliphatic rings. The van der Waals surface area contributed by atoms with Crippen LogP contribution in [0.5, 0.6) is 0 Å². The van der Waals surface area contributed by atoms with Crippen LogP contribution in [0.4, 0.5) is 4.39 Å². The minimum atomic E-state index is -4.60. The Labute approximate surface area is 316 Å². The van der Waals surface area contributed by atoms with E-state index in [1.54, 1.807) is 30.7 Å². The van der Waals surface area contributed by atoms with Gasteiger partial charge in [0.05, 0.1) is 50.4 Å². The zero-order valence-electron chi connectivity index (χ0n) is 28.5. The van der Waals surface area contributed by atoms with Gasteiger partial charge in [0, 0.05) is 10.0 Å². The molecule has 2 heterocycles. The Morgan fingerprint density at radius 3 is 1.72 bits per heavy atom. The molecule has 0 bridgehead atoms. The Kier molecular flexibility index (Phi) is 11.1. The topological polar surface area (TPSA) is 162 Å². The maximum absolute atomic E-state index is 15.4. The molecule has 1 aliphatic carbocycles. The highest BCUT2D eigenvalue weighted by Gasteiger charge is 2.44. The molecule has 1 saturated carbocycles. The van der Waals surface area contributed by atoms with E-state index in [2.05, 4.69) is 14.5 Å². The number of benzene rings is 3. The Hall–Kier alpha value is -4.57. The number of aryl methyl sites for hydroxylation is 2. The first-order valence-corrected chi connectivity index (χ1v) is 20.4. The zero-order valence-corrected chi connectivity index (χ0v) is 31.7. The number of hydrogen-bond acceptors (Lipinski definition) is 8. The van der Waals surface area contributed by atoms with E-state index in [1.165, 1.54) is 72.8 Å². The zero-order chi connectivity index (χ0) is 38.1. The van der Waals surface area contributed by atoms with Gasteiger partial charge in [0.15, 0.2) is 0 Å². The third kappa shape index (κ3) is 8.33. The van der Waals surface area contributed by atoms with Gasteiger partial charge in [-0.3, -0.25) is 14.3 Å². The number of hydrogen-bond donors (Lipinski definition) is 2. The molecule has 5 aromatic rings. The number of amides is 2. The minimum Gasteiger partial charge on any atom is -0.273 e. The molecule has 1 fully saturated rings. The Morgan fingerprint density at radius 2 is 1.19 bits per heavy atom. The standard InChI is InChI=1S/C36H35Cl2FN6O6S2/c1-22-20-31(44(40-22)26-8-4-3-5-9-26)33(35(46)42-52(48,49)27-16-12-24(37)13-17-27)34(36(47)43-53(50,51)28-18-14-25(38)15-19-28)32-21-23(2)41-45(32)30-11-7-6-10-29(30)39/h6-7,10-21,26,33-34H,3-5,8-9H2,1-2H3,(H,42,46)(H,43,47). The van der Waals surface area contributed by atoms with Crippen LogP contribution in [0.25, 0.3) is 5.69 Å². The summed E-state index contributed by atoms with van der Waals surface area (Å²) in [5.41, 5.74) is 0.733. The molecule has 2 aromatic heterocycles. The van der Waals surface area contributed by atoms with Crippen molar-refractivity contribution in [3.63, 3.8) is 0 Å². The molecule has 53 heavy (non-hydrogen) atoms. The number of nitrogens with zero attached hydrogens (tertiary/aromatic N) is 4. The maximum atomic E-state index is 15.4. The van der Waals surface area contributed by atoms with Crippen molar-refractivity contribution in [3.8, 4) is 5.69 Å². The number of aromatic nitrogens is 4. The summed E-state index contributed by atoms with van der Waals surface area (Å²) in [5.74, 6) is -6.67. The molecule has 3 aromatic carbocycles. The lowest BCUT2D eigenvalue weighted by Gasteiger charge is -2.30. The molecule has 12 nitrogen and oxygen atoms in total. The van der Waals surface area contributed by atoms with Crippen LogP contribution in [0.3, 0.4) is 0 Å². The van der Waals surface area contributed by atoms with Crippen LogP contribution in [0.1, 0.15) is 72.8 Å². The molecule has 278 valence electrons. The molecule has 0 spiro atoms. The van der Waals surface area contributed by atoms with Crippen LogP contribution >= 0.6 is 23.2 Å². The summed E-state index contributed by atoms with van der Waals surface area (Å²) in [4.78, 5) is 28.9. The van der Waals surface area contributed by atoms with Gasteiger partial charge in [0.1, 0.15) is 11.5 Å². The molecule has 0 saturated heterocycles. The summed E-state index contributed by atoms with van der Waals surface area (Å²) >= 11 is 12.0. The van der Waals surface area contributed by atoms with E-state index in [0.29, 0.717) is 24.2 Å². The fourth-order valence-electron chi connectivity index (χ4n) is 6.59. The van der Waals surface area contributed by atoms with Crippen molar-refractivity contribution in [2.45, 2.75) is 73.6 Å². The van der Waals surface area contributed by atoms with Gasteiger partial charge in [0.25, 0.3) is 20.0 Å². The minimum absolute atomic E-state index is 0.0884. The van der Waals surface area contributed by atoms with Gasteiger partial charge >= 0.3 is 0 Å². The van der Waals surface area contributed by atoms with Gasteiger partial charge in [-0.2, -0.15) is 10.2 Å². The Morgan fingerprint density at radius 1 is 0.717 bits per heavy atom. The number of halogens is 3. The fraction of sp³-hybridized carbons (Fsp3) is 0.278. The van der Waals surface area contributed by atoms with Gasteiger partial charge in [0.2, 0.25) is 11.8 Å².